The molecule has 0 unspecified atom stereocenters. The summed E-state index contributed by atoms with van der Waals surface area (Å²) in [6, 6.07) is 16.2. The lowest BCUT2D eigenvalue weighted by Gasteiger charge is -2.10. The monoisotopic (exact) mass is 450 g/mol. The van der Waals surface area contributed by atoms with E-state index in [1.165, 1.54) is 0 Å². The molecule has 0 aliphatic rings. The summed E-state index contributed by atoms with van der Waals surface area (Å²) in [6.07, 6.45) is 3.67. The predicted octanol–water partition coefficient (Wildman–Crippen LogP) is 4.95. The van der Waals surface area contributed by atoms with Crippen molar-refractivity contribution in [1.82, 2.24) is 29.8 Å². The molecule has 32 heavy (non-hydrogen) atoms. The van der Waals surface area contributed by atoms with Gasteiger partial charge >= 0.3 is 5.69 Å². The van der Waals surface area contributed by atoms with Crippen LogP contribution in [-0.4, -0.2) is 29.8 Å². The van der Waals surface area contributed by atoms with Gasteiger partial charge in [0.05, 0.1) is 12.2 Å². The first-order valence-corrected chi connectivity index (χ1v) is 11.4. The van der Waals surface area contributed by atoms with E-state index in [1.807, 2.05) is 28.8 Å². The Morgan fingerprint density at radius 3 is 2.38 bits per heavy atom. The number of halogens is 1. The number of nitrogens with one attached hydrogen (secondary N) is 1. The zero-order chi connectivity index (χ0) is 22.5. The van der Waals surface area contributed by atoms with E-state index >= 15 is 0 Å². The maximum absolute atomic E-state index is 13.1. The molecule has 0 aliphatic carbocycles. The van der Waals surface area contributed by atoms with Crippen molar-refractivity contribution in [3.8, 4) is 22.5 Å². The highest BCUT2D eigenvalue weighted by molar-refractivity contribution is 6.30. The molecule has 8 heteroatoms. The quantitative estimate of drug-likeness (QED) is 0.391. The Balaban J connectivity index is 1.64. The molecule has 0 radical (unpaired) electrons. The van der Waals surface area contributed by atoms with E-state index in [9.17, 15) is 4.79 Å². The molecule has 0 atom stereocenters. The number of H-pyrrole nitrogens is 1. The molecule has 0 amide bonds. The molecule has 1 N–H and O–H groups in total. The van der Waals surface area contributed by atoms with Gasteiger partial charge in [-0.2, -0.15) is 0 Å². The highest BCUT2D eigenvalue weighted by atomic mass is 35.5. The molecule has 0 aliphatic heterocycles. The van der Waals surface area contributed by atoms with E-state index in [-0.39, 0.29) is 5.69 Å². The van der Waals surface area contributed by atoms with Crippen molar-refractivity contribution >= 4 is 11.6 Å². The number of tetrazole rings is 1. The third-order valence-electron chi connectivity index (χ3n) is 5.62. The molecule has 0 bridgehead atoms. The third kappa shape index (κ3) is 4.39. The van der Waals surface area contributed by atoms with Gasteiger partial charge in [0, 0.05) is 12.1 Å². The van der Waals surface area contributed by atoms with E-state index in [2.05, 4.69) is 58.7 Å². The van der Waals surface area contributed by atoms with Gasteiger partial charge in [-0.15, -0.1) is 5.10 Å². The van der Waals surface area contributed by atoms with Crippen molar-refractivity contribution in [3.05, 3.63) is 75.4 Å². The SMILES string of the molecule is CCCCn1c(Cl)c(CCC)n(Cc2ccc(-c3ccccc3-c3nnn[nH]3)cc2)c1=O. The molecule has 0 spiro atoms. The van der Waals surface area contributed by atoms with Gasteiger partial charge in [-0.25, -0.2) is 9.89 Å². The topological polar surface area (TPSA) is 81.4 Å². The van der Waals surface area contributed by atoms with E-state index in [0.717, 1.165) is 53.6 Å². The minimum absolute atomic E-state index is 0.0286. The third-order valence-corrected chi connectivity index (χ3v) is 6.04. The predicted molar refractivity (Wildman–Crippen MR) is 127 cm³/mol. The second kappa shape index (κ2) is 9.96. The number of benzene rings is 2. The highest BCUT2D eigenvalue weighted by Gasteiger charge is 2.18. The zero-order valence-electron chi connectivity index (χ0n) is 18.4. The summed E-state index contributed by atoms with van der Waals surface area (Å²) >= 11 is 6.61. The van der Waals surface area contributed by atoms with Crippen LogP contribution < -0.4 is 5.69 Å². The number of aromatic nitrogens is 6. The largest absolute Gasteiger partial charge is 0.329 e. The maximum Gasteiger partial charge on any atom is 0.329 e. The van der Waals surface area contributed by atoms with Crippen LogP contribution in [0.4, 0.5) is 0 Å². The van der Waals surface area contributed by atoms with Crippen LogP contribution in [0.1, 0.15) is 44.4 Å². The zero-order valence-corrected chi connectivity index (χ0v) is 19.1. The fraction of sp³-hybridized carbons (Fsp3) is 0.333. The Hall–Kier alpha value is -3.19. The van der Waals surface area contributed by atoms with Crippen LogP contribution in [0.15, 0.2) is 53.3 Å². The molecule has 7 nitrogen and oxygen atoms in total. The Bertz CT molecular complexity index is 1220. The van der Waals surface area contributed by atoms with Crippen molar-refractivity contribution in [2.24, 2.45) is 0 Å². The normalized spacial score (nSPS) is 11.2. The molecule has 0 fully saturated rings. The first-order valence-electron chi connectivity index (χ1n) is 11.0. The van der Waals surface area contributed by atoms with Crippen molar-refractivity contribution in [2.45, 2.75) is 52.6 Å². The van der Waals surface area contributed by atoms with Gasteiger partial charge in [0.1, 0.15) is 5.15 Å². The van der Waals surface area contributed by atoms with Gasteiger partial charge in [-0.1, -0.05) is 86.8 Å². The highest BCUT2D eigenvalue weighted by Crippen LogP contribution is 2.30. The number of imidazole rings is 1. The number of hydrogen-bond donors (Lipinski definition) is 1. The average molecular weight is 451 g/mol. The number of nitrogens with zero attached hydrogens (tertiary/aromatic N) is 5. The fourth-order valence-electron chi connectivity index (χ4n) is 3.95. The first kappa shape index (κ1) is 22.0. The Kier molecular flexibility index (Phi) is 6.85. The summed E-state index contributed by atoms with van der Waals surface area (Å²) in [5, 5.41) is 14.8. The Labute approximate surface area is 192 Å². The number of unbranched alkanes of at least 4 members (excludes halogenated alkanes) is 1. The summed E-state index contributed by atoms with van der Waals surface area (Å²) in [6.45, 7) is 5.37. The molecular weight excluding hydrogens is 424 g/mol. The number of aromatic amines is 1. The summed E-state index contributed by atoms with van der Waals surface area (Å²) < 4.78 is 3.54. The molecule has 166 valence electrons. The van der Waals surface area contributed by atoms with Crippen LogP contribution in [0.3, 0.4) is 0 Å². The van der Waals surface area contributed by atoms with Crippen molar-refractivity contribution < 1.29 is 0 Å². The van der Waals surface area contributed by atoms with Crippen LogP contribution in [0, 0.1) is 0 Å². The second-order valence-corrected chi connectivity index (χ2v) is 8.21. The average Bonchev–Trinajstić information content (AvgIpc) is 3.43. The minimum Gasteiger partial charge on any atom is -0.290 e. The fourth-order valence-corrected chi connectivity index (χ4v) is 4.30. The molecule has 4 aromatic rings. The maximum atomic E-state index is 13.1. The number of hydrogen-bond acceptors (Lipinski definition) is 4. The van der Waals surface area contributed by atoms with E-state index in [4.69, 9.17) is 11.6 Å². The van der Waals surface area contributed by atoms with Crippen LogP contribution in [0.5, 0.6) is 0 Å². The first-order chi connectivity index (χ1) is 15.6. The lowest BCUT2D eigenvalue weighted by molar-refractivity contribution is 0.592. The lowest BCUT2D eigenvalue weighted by Crippen LogP contribution is -2.25. The Morgan fingerprint density at radius 1 is 0.969 bits per heavy atom. The van der Waals surface area contributed by atoms with E-state index in [0.29, 0.717) is 24.1 Å². The number of rotatable bonds is 9. The summed E-state index contributed by atoms with van der Waals surface area (Å²) in [5.74, 6) is 0.628. The molecule has 2 heterocycles. The van der Waals surface area contributed by atoms with Crippen LogP contribution in [0.25, 0.3) is 22.5 Å². The van der Waals surface area contributed by atoms with E-state index < -0.39 is 0 Å². The van der Waals surface area contributed by atoms with Crippen molar-refractivity contribution in [1.29, 1.82) is 0 Å². The summed E-state index contributed by atoms with van der Waals surface area (Å²) in [7, 11) is 0. The van der Waals surface area contributed by atoms with Gasteiger partial charge in [-0.3, -0.25) is 9.13 Å². The molecule has 2 aromatic carbocycles. The van der Waals surface area contributed by atoms with E-state index in [1.54, 1.807) is 4.57 Å². The van der Waals surface area contributed by atoms with Crippen molar-refractivity contribution in [3.63, 3.8) is 0 Å². The van der Waals surface area contributed by atoms with Crippen LogP contribution >= 0.6 is 11.6 Å². The smallest absolute Gasteiger partial charge is 0.290 e. The minimum atomic E-state index is -0.0286. The standard InChI is InChI=1S/C24H27ClN6O/c1-3-5-15-30-22(25)21(8-4-2)31(24(30)32)16-17-11-13-18(14-12-17)19-9-6-7-10-20(19)23-26-28-29-27-23/h6-7,9-14H,3-5,8,15-16H2,1-2H3,(H,26,27,28,29). The molecule has 0 saturated heterocycles. The van der Waals surface area contributed by atoms with Gasteiger partial charge < -0.3 is 0 Å². The van der Waals surface area contributed by atoms with Crippen LogP contribution in [-0.2, 0) is 19.5 Å². The van der Waals surface area contributed by atoms with Gasteiger partial charge in [0.25, 0.3) is 0 Å². The van der Waals surface area contributed by atoms with Gasteiger partial charge in [-0.05, 0) is 40.0 Å². The second-order valence-electron chi connectivity index (χ2n) is 7.85. The Morgan fingerprint density at radius 2 is 1.72 bits per heavy atom. The molecular formula is C24H27ClN6O. The molecule has 2 aromatic heterocycles. The van der Waals surface area contributed by atoms with Gasteiger partial charge in [0.15, 0.2) is 5.82 Å². The van der Waals surface area contributed by atoms with Crippen molar-refractivity contribution in [2.75, 3.05) is 0 Å². The summed E-state index contributed by atoms with van der Waals surface area (Å²) in [5.41, 5.74) is 4.97. The molecule has 0 saturated carbocycles. The van der Waals surface area contributed by atoms with Crippen LogP contribution in [0.2, 0.25) is 5.15 Å². The summed E-state index contributed by atoms with van der Waals surface area (Å²) in [4.78, 5) is 13.1. The van der Waals surface area contributed by atoms with Gasteiger partial charge in [0.2, 0.25) is 0 Å². The lowest BCUT2D eigenvalue weighted by atomic mass is 9.98. The molecule has 4 rings (SSSR count).